The van der Waals surface area contributed by atoms with E-state index in [0.29, 0.717) is 18.0 Å². The summed E-state index contributed by atoms with van der Waals surface area (Å²) in [7, 11) is 0. The lowest BCUT2D eigenvalue weighted by atomic mass is 10.1. The van der Waals surface area contributed by atoms with Crippen molar-refractivity contribution in [1.29, 1.82) is 0 Å². The number of rotatable bonds is 7. The Morgan fingerprint density at radius 3 is 2.76 bits per heavy atom. The summed E-state index contributed by atoms with van der Waals surface area (Å²) in [6.07, 6.45) is 9.37. The van der Waals surface area contributed by atoms with Gasteiger partial charge in [0.25, 0.3) is 5.91 Å². The molecule has 0 radical (unpaired) electrons. The van der Waals surface area contributed by atoms with Crippen molar-refractivity contribution in [3.05, 3.63) is 82.8 Å². The van der Waals surface area contributed by atoms with Gasteiger partial charge >= 0.3 is 0 Å². The number of pyridine rings is 1. The molecule has 4 aromatic rings. The number of aryl methyl sites for hydroxylation is 2. The fourth-order valence-electron chi connectivity index (χ4n) is 5.21. The molecule has 2 aromatic carbocycles. The first-order valence-corrected chi connectivity index (χ1v) is 14.4. The van der Waals surface area contributed by atoms with E-state index in [1.807, 2.05) is 54.1 Å². The van der Waals surface area contributed by atoms with Crippen LogP contribution in [0.1, 0.15) is 71.3 Å². The number of nitrogens with one attached hydrogen (secondary N) is 2. The number of carbonyl (C=O) groups excluding carboxylic acids is 1. The summed E-state index contributed by atoms with van der Waals surface area (Å²) >= 11 is 0. The minimum Gasteiger partial charge on any atom is -0.356 e. The van der Waals surface area contributed by atoms with Crippen molar-refractivity contribution in [3.8, 4) is 11.8 Å². The van der Waals surface area contributed by atoms with E-state index >= 15 is 0 Å². The SMILES string of the molecule is Cc1cc(C)nc(/C=C/c2nn(C3CCCCO3)c3cc(Nc4ccccc4C(=O)NCC#CC4CC4)ccc23)c1. The number of benzene rings is 2. The first-order valence-electron chi connectivity index (χ1n) is 14.4. The maximum Gasteiger partial charge on any atom is 0.254 e. The maximum absolute atomic E-state index is 13.0. The molecule has 1 saturated heterocycles. The van der Waals surface area contributed by atoms with Gasteiger partial charge in [0.15, 0.2) is 6.23 Å². The Hall–Kier alpha value is -4.41. The van der Waals surface area contributed by atoms with Crippen molar-refractivity contribution in [1.82, 2.24) is 20.1 Å². The molecule has 7 heteroatoms. The predicted molar refractivity (Wildman–Crippen MR) is 164 cm³/mol. The highest BCUT2D eigenvalue weighted by Crippen LogP contribution is 2.32. The first-order chi connectivity index (χ1) is 20.0. The molecule has 2 aromatic heterocycles. The van der Waals surface area contributed by atoms with Crippen LogP contribution in [0.15, 0.2) is 54.6 Å². The number of amides is 1. The molecule has 1 atom stereocenters. The molecule has 1 aliphatic carbocycles. The smallest absolute Gasteiger partial charge is 0.254 e. The van der Waals surface area contributed by atoms with Gasteiger partial charge in [0.2, 0.25) is 0 Å². The molecule has 1 amide bonds. The first kappa shape index (κ1) is 26.8. The molecular formula is C34H35N5O2. The Bertz CT molecular complexity index is 1650. The largest absolute Gasteiger partial charge is 0.356 e. The van der Waals surface area contributed by atoms with E-state index in [2.05, 4.69) is 58.6 Å². The van der Waals surface area contributed by atoms with Crippen molar-refractivity contribution in [2.24, 2.45) is 5.92 Å². The van der Waals surface area contributed by atoms with Crippen LogP contribution in [0.3, 0.4) is 0 Å². The lowest BCUT2D eigenvalue weighted by Crippen LogP contribution is -2.24. The second-order valence-electron chi connectivity index (χ2n) is 10.9. The molecular weight excluding hydrogens is 510 g/mol. The van der Waals surface area contributed by atoms with Gasteiger partial charge in [0.1, 0.15) is 0 Å². The Morgan fingerprint density at radius 2 is 1.95 bits per heavy atom. The van der Waals surface area contributed by atoms with Gasteiger partial charge in [-0.2, -0.15) is 5.10 Å². The van der Waals surface area contributed by atoms with Gasteiger partial charge in [0.05, 0.1) is 34.7 Å². The van der Waals surface area contributed by atoms with Crippen LogP contribution in [0, 0.1) is 31.6 Å². The zero-order chi connectivity index (χ0) is 28.2. The molecule has 2 aliphatic rings. The molecule has 3 heterocycles. The van der Waals surface area contributed by atoms with Crippen LogP contribution in [0.25, 0.3) is 23.1 Å². The van der Waals surface area contributed by atoms with E-state index in [4.69, 9.17) is 9.84 Å². The van der Waals surface area contributed by atoms with Crippen LogP contribution in [-0.2, 0) is 4.74 Å². The van der Waals surface area contributed by atoms with Crippen LogP contribution in [-0.4, -0.2) is 33.8 Å². The molecule has 2 N–H and O–H groups in total. The number of anilines is 2. The van der Waals surface area contributed by atoms with Gasteiger partial charge < -0.3 is 15.4 Å². The van der Waals surface area contributed by atoms with E-state index in [9.17, 15) is 4.79 Å². The van der Waals surface area contributed by atoms with Crippen molar-refractivity contribution >= 4 is 40.3 Å². The van der Waals surface area contributed by atoms with Crippen LogP contribution >= 0.6 is 0 Å². The lowest BCUT2D eigenvalue weighted by Gasteiger charge is -2.23. The van der Waals surface area contributed by atoms with E-state index in [0.717, 1.165) is 65.2 Å². The van der Waals surface area contributed by atoms with Gasteiger partial charge in [-0.25, -0.2) is 4.68 Å². The summed E-state index contributed by atoms with van der Waals surface area (Å²) in [5.74, 6) is 6.63. The number of hydrogen-bond donors (Lipinski definition) is 2. The van der Waals surface area contributed by atoms with Crippen molar-refractivity contribution in [3.63, 3.8) is 0 Å². The third kappa shape index (κ3) is 6.50. The monoisotopic (exact) mass is 545 g/mol. The highest BCUT2D eigenvalue weighted by molar-refractivity contribution is 6.01. The van der Waals surface area contributed by atoms with E-state index < -0.39 is 0 Å². The molecule has 2 fully saturated rings. The van der Waals surface area contributed by atoms with Crippen LogP contribution in [0.4, 0.5) is 11.4 Å². The number of aromatic nitrogens is 3. The van der Waals surface area contributed by atoms with Gasteiger partial charge in [-0.05, 0) is 106 Å². The molecule has 1 aliphatic heterocycles. The van der Waals surface area contributed by atoms with Gasteiger partial charge in [-0.1, -0.05) is 24.0 Å². The topological polar surface area (TPSA) is 81.1 Å². The van der Waals surface area contributed by atoms with E-state index in [-0.39, 0.29) is 12.1 Å². The second-order valence-corrected chi connectivity index (χ2v) is 10.9. The third-order valence-electron chi connectivity index (χ3n) is 7.37. The summed E-state index contributed by atoms with van der Waals surface area (Å²) < 4.78 is 8.14. The van der Waals surface area contributed by atoms with Crippen LogP contribution in [0.2, 0.25) is 0 Å². The third-order valence-corrected chi connectivity index (χ3v) is 7.37. The fourth-order valence-corrected chi connectivity index (χ4v) is 5.21. The summed E-state index contributed by atoms with van der Waals surface area (Å²) in [4.78, 5) is 17.6. The summed E-state index contributed by atoms with van der Waals surface area (Å²) in [6, 6.07) is 17.9. The number of ether oxygens (including phenoxy) is 1. The molecule has 0 bridgehead atoms. The van der Waals surface area contributed by atoms with Crippen molar-refractivity contribution in [2.75, 3.05) is 18.5 Å². The quantitative estimate of drug-likeness (QED) is 0.250. The molecule has 1 saturated carbocycles. The molecule has 208 valence electrons. The van der Waals surface area contributed by atoms with E-state index in [1.165, 1.54) is 18.4 Å². The highest BCUT2D eigenvalue weighted by atomic mass is 16.5. The average Bonchev–Trinajstić information content (AvgIpc) is 3.74. The number of fused-ring (bicyclic) bond motifs is 1. The number of para-hydroxylation sites is 1. The second kappa shape index (κ2) is 12.0. The van der Waals surface area contributed by atoms with Crippen LogP contribution in [0.5, 0.6) is 0 Å². The van der Waals surface area contributed by atoms with E-state index in [1.54, 1.807) is 0 Å². The minimum absolute atomic E-state index is 0.113. The Morgan fingerprint density at radius 1 is 1.07 bits per heavy atom. The minimum atomic E-state index is -0.146. The Balaban J connectivity index is 1.29. The zero-order valence-corrected chi connectivity index (χ0v) is 23.6. The fraction of sp³-hybridized carbons (Fsp3) is 0.324. The molecule has 6 rings (SSSR count). The average molecular weight is 546 g/mol. The molecule has 1 unspecified atom stereocenters. The van der Waals surface area contributed by atoms with Crippen molar-refractivity contribution in [2.45, 2.75) is 52.2 Å². The number of carbonyl (C=O) groups is 1. The Labute approximate surface area is 241 Å². The maximum atomic E-state index is 13.0. The van der Waals surface area contributed by atoms with Gasteiger partial charge in [0, 0.05) is 29.3 Å². The molecule has 41 heavy (non-hydrogen) atoms. The Kier molecular flexibility index (Phi) is 7.84. The standard InChI is InChI=1S/C34H35N5O2/c1-23-20-24(2)36-26(21-23)15-17-31-28-16-14-27(22-32(28)39(38-31)33-11-5-6-19-41-33)37-30-10-4-3-9-29(30)34(40)35-18-7-8-25-12-13-25/h3-4,9-10,14-17,20-22,25,33,37H,5-6,11-13,18-19H2,1-2H3,(H,35,40)/b17-15+. The number of hydrogen-bond acceptors (Lipinski definition) is 5. The van der Waals surface area contributed by atoms with Crippen LogP contribution < -0.4 is 10.6 Å². The van der Waals surface area contributed by atoms with Crippen molar-refractivity contribution < 1.29 is 9.53 Å². The number of nitrogens with zero attached hydrogens (tertiary/aromatic N) is 3. The summed E-state index contributed by atoms with van der Waals surface area (Å²) in [5.41, 5.74) is 7.11. The molecule has 0 spiro atoms. The normalized spacial score (nSPS) is 16.9. The summed E-state index contributed by atoms with van der Waals surface area (Å²) in [5, 5.41) is 12.4. The zero-order valence-electron chi connectivity index (χ0n) is 23.6. The molecule has 7 nitrogen and oxygen atoms in total. The summed E-state index contributed by atoms with van der Waals surface area (Å²) in [6.45, 7) is 5.17. The predicted octanol–water partition coefficient (Wildman–Crippen LogP) is 6.80. The van der Waals surface area contributed by atoms with Gasteiger partial charge in [-0.3, -0.25) is 9.78 Å². The highest BCUT2D eigenvalue weighted by Gasteiger charge is 2.21. The lowest BCUT2D eigenvalue weighted by molar-refractivity contribution is -0.0367. The van der Waals surface area contributed by atoms with Gasteiger partial charge in [-0.15, -0.1) is 0 Å².